The van der Waals surface area contributed by atoms with E-state index >= 15 is 0 Å². The van der Waals surface area contributed by atoms with E-state index in [1.54, 1.807) is 0 Å². The van der Waals surface area contributed by atoms with Crippen LogP contribution in [0.5, 0.6) is 5.75 Å². The molecule has 1 aromatic rings. The maximum absolute atomic E-state index is 10.5. The van der Waals surface area contributed by atoms with Crippen LogP contribution in [-0.4, -0.2) is 17.7 Å². The molecule has 0 aliphatic rings. The molecule has 0 spiro atoms. The molecule has 3 heteroatoms. The third kappa shape index (κ3) is 6.94. The number of carbonyl (C=O) groups is 1. The monoisotopic (exact) mass is 334 g/mol. The van der Waals surface area contributed by atoms with Crippen molar-refractivity contribution in [3.63, 3.8) is 0 Å². The number of unbranched alkanes of at least 4 members (excludes halogenated alkanes) is 3. The number of rotatable bonds is 8. The third-order valence-corrected chi connectivity index (χ3v) is 4.20. The van der Waals surface area contributed by atoms with Gasteiger partial charge in [-0.05, 0) is 40.9 Å². The van der Waals surface area contributed by atoms with Gasteiger partial charge in [0.1, 0.15) is 5.75 Å². The molecule has 0 unspecified atom stereocenters. The quantitative estimate of drug-likeness (QED) is 0.621. The van der Waals surface area contributed by atoms with Gasteiger partial charge in [-0.25, -0.2) is 0 Å². The van der Waals surface area contributed by atoms with E-state index in [1.165, 1.54) is 11.1 Å². The fourth-order valence-corrected chi connectivity index (χ4v) is 2.62. The Labute approximate surface area is 147 Å². The molecule has 0 aliphatic carbocycles. The molecule has 1 rings (SSSR count). The molecule has 136 valence electrons. The van der Waals surface area contributed by atoms with E-state index in [4.69, 9.17) is 9.84 Å². The average molecular weight is 334 g/mol. The number of hydrogen-bond acceptors (Lipinski definition) is 2. The number of hydrogen-bond donors (Lipinski definition) is 1. The standard InChI is InChI=1S/C21H34O3/c1-20(2,3)16-12-13-18(17(15-16)21(4,5)6)24-14-10-8-7-9-11-19(22)23/h12-13,15H,7-11,14H2,1-6H3,(H,22,23). The molecule has 1 aromatic carbocycles. The van der Waals surface area contributed by atoms with Gasteiger partial charge in [0, 0.05) is 6.42 Å². The number of carboxylic acids is 1. The Morgan fingerprint density at radius 1 is 0.958 bits per heavy atom. The first-order valence-corrected chi connectivity index (χ1v) is 9.01. The maximum Gasteiger partial charge on any atom is 0.303 e. The summed E-state index contributed by atoms with van der Waals surface area (Å²) in [5.41, 5.74) is 2.75. The van der Waals surface area contributed by atoms with Gasteiger partial charge < -0.3 is 9.84 Å². The highest BCUT2D eigenvalue weighted by Crippen LogP contribution is 2.35. The summed E-state index contributed by atoms with van der Waals surface area (Å²) in [6.45, 7) is 14.0. The second-order valence-electron chi connectivity index (χ2n) is 8.62. The fourth-order valence-electron chi connectivity index (χ4n) is 2.62. The molecule has 1 N–H and O–H groups in total. The normalized spacial score (nSPS) is 12.2. The summed E-state index contributed by atoms with van der Waals surface area (Å²) in [6, 6.07) is 6.55. The Kier molecular flexibility index (Phi) is 7.31. The first-order chi connectivity index (χ1) is 11.0. The van der Waals surface area contributed by atoms with Crippen LogP contribution in [0.3, 0.4) is 0 Å². The molecular weight excluding hydrogens is 300 g/mol. The molecule has 0 radical (unpaired) electrons. The van der Waals surface area contributed by atoms with Gasteiger partial charge in [-0.3, -0.25) is 4.79 Å². The summed E-state index contributed by atoms with van der Waals surface area (Å²) in [6.07, 6.45) is 3.94. The van der Waals surface area contributed by atoms with Crippen molar-refractivity contribution < 1.29 is 14.6 Å². The summed E-state index contributed by atoms with van der Waals surface area (Å²) >= 11 is 0. The second-order valence-corrected chi connectivity index (χ2v) is 8.62. The van der Waals surface area contributed by atoms with Crippen molar-refractivity contribution in [1.29, 1.82) is 0 Å². The van der Waals surface area contributed by atoms with Crippen LogP contribution in [0.25, 0.3) is 0 Å². The number of aliphatic carboxylic acids is 1. The molecule has 0 heterocycles. The molecule has 0 aliphatic heterocycles. The molecular formula is C21H34O3. The summed E-state index contributed by atoms with van der Waals surface area (Å²) < 4.78 is 6.04. The van der Waals surface area contributed by atoms with Crippen molar-refractivity contribution in [3.8, 4) is 5.75 Å². The van der Waals surface area contributed by atoms with Crippen molar-refractivity contribution in [2.24, 2.45) is 0 Å². The maximum atomic E-state index is 10.5. The molecule has 0 aromatic heterocycles. The lowest BCUT2D eigenvalue weighted by Gasteiger charge is -2.27. The zero-order valence-corrected chi connectivity index (χ0v) is 16.2. The zero-order chi connectivity index (χ0) is 18.4. The van der Waals surface area contributed by atoms with Gasteiger partial charge >= 0.3 is 5.97 Å². The van der Waals surface area contributed by atoms with Crippen LogP contribution in [0.1, 0.15) is 84.8 Å². The van der Waals surface area contributed by atoms with Crippen LogP contribution in [0.4, 0.5) is 0 Å². The Morgan fingerprint density at radius 3 is 2.12 bits per heavy atom. The Hall–Kier alpha value is -1.51. The average Bonchev–Trinajstić information content (AvgIpc) is 2.43. The van der Waals surface area contributed by atoms with E-state index in [2.05, 4.69) is 59.7 Å². The van der Waals surface area contributed by atoms with Gasteiger partial charge in [-0.1, -0.05) is 66.5 Å². The predicted molar refractivity (Wildman–Crippen MR) is 100 cm³/mol. The number of ether oxygens (including phenoxy) is 1. The highest BCUT2D eigenvalue weighted by molar-refractivity contribution is 5.66. The van der Waals surface area contributed by atoms with Crippen molar-refractivity contribution in [2.45, 2.75) is 84.5 Å². The van der Waals surface area contributed by atoms with Crippen LogP contribution in [-0.2, 0) is 15.6 Å². The van der Waals surface area contributed by atoms with Gasteiger partial charge in [0.15, 0.2) is 0 Å². The smallest absolute Gasteiger partial charge is 0.303 e. The molecule has 24 heavy (non-hydrogen) atoms. The van der Waals surface area contributed by atoms with E-state index in [1.807, 2.05) is 0 Å². The Balaban J connectivity index is 2.63. The van der Waals surface area contributed by atoms with Crippen molar-refractivity contribution in [3.05, 3.63) is 29.3 Å². The van der Waals surface area contributed by atoms with Crippen molar-refractivity contribution >= 4 is 5.97 Å². The topological polar surface area (TPSA) is 46.5 Å². The number of carboxylic acid groups (broad SMARTS) is 1. The molecule has 0 bridgehead atoms. The summed E-state index contributed by atoms with van der Waals surface area (Å²) in [5.74, 6) is 0.265. The second kappa shape index (κ2) is 8.55. The first kappa shape index (κ1) is 20.5. The largest absolute Gasteiger partial charge is 0.493 e. The highest BCUT2D eigenvalue weighted by Gasteiger charge is 2.22. The van der Waals surface area contributed by atoms with Gasteiger partial charge in [0.05, 0.1) is 6.61 Å². The summed E-state index contributed by atoms with van der Waals surface area (Å²) in [7, 11) is 0. The van der Waals surface area contributed by atoms with Crippen molar-refractivity contribution in [2.75, 3.05) is 6.61 Å². The Bertz CT molecular complexity index is 533. The highest BCUT2D eigenvalue weighted by atomic mass is 16.5. The van der Waals surface area contributed by atoms with Crippen LogP contribution < -0.4 is 4.74 Å². The summed E-state index contributed by atoms with van der Waals surface area (Å²) in [5, 5.41) is 8.63. The van der Waals surface area contributed by atoms with Gasteiger partial charge in [0.2, 0.25) is 0 Å². The summed E-state index contributed by atoms with van der Waals surface area (Å²) in [4.78, 5) is 10.5. The van der Waals surface area contributed by atoms with Crippen LogP contribution >= 0.6 is 0 Å². The van der Waals surface area contributed by atoms with E-state index in [-0.39, 0.29) is 17.3 Å². The fraction of sp³-hybridized carbons (Fsp3) is 0.667. The lowest BCUT2D eigenvalue weighted by atomic mass is 9.80. The lowest BCUT2D eigenvalue weighted by molar-refractivity contribution is -0.137. The SMILES string of the molecule is CC(C)(C)c1ccc(OCCCCCCC(=O)O)c(C(C)(C)C)c1. The molecule has 0 fully saturated rings. The zero-order valence-electron chi connectivity index (χ0n) is 16.2. The molecule has 3 nitrogen and oxygen atoms in total. The molecule has 0 saturated carbocycles. The van der Waals surface area contributed by atoms with E-state index < -0.39 is 5.97 Å². The van der Waals surface area contributed by atoms with Crippen LogP contribution in [0.15, 0.2) is 18.2 Å². The van der Waals surface area contributed by atoms with Crippen LogP contribution in [0, 0.1) is 0 Å². The number of benzene rings is 1. The molecule has 0 saturated heterocycles. The lowest BCUT2D eigenvalue weighted by Crippen LogP contribution is -2.17. The molecule has 0 amide bonds. The third-order valence-electron chi connectivity index (χ3n) is 4.20. The first-order valence-electron chi connectivity index (χ1n) is 9.01. The van der Waals surface area contributed by atoms with Gasteiger partial charge in [-0.15, -0.1) is 0 Å². The molecule has 0 atom stereocenters. The van der Waals surface area contributed by atoms with Crippen molar-refractivity contribution in [1.82, 2.24) is 0 Å². The van der Waals surface area contributed by atoms with E-state index in [9.17, 15) is 4.79 Å². The minimum absolute atomic E-state index is 0.0398. The van der Waals surface area contributed by atoms with Gasteiger partial charge in [0.25, 0.3) is 0 Å². The van der Waals surface area contributed by atoms with Gasteiger partial charge in [-0.2, -0.15) is 0 Å². The van der Waals surface area contributed by atoms with E-state index in [0.717, 1.165) is 31.4 Å². The van der Waals surface area contributed by atoms with Crippen LogP contribution in [0.2, 0.25) is 0 Å². The minimum atomic E-state index is -0.708. The predicted octanol–water partition coefficient (Wildman–Crippen LogP) is 5.70. The van der Waals surface area contributed by atoms with E-state index in [0.29, 0.717) is 6.61 Å². The Morgan fingerprint density at radius 2 is 1.58 bits per heavy atom. The minimum Gasteiger partial charge on any atom is -0.493 e.